The van der Waals surface area contributed by atoms with Gasteiger partial charge in [-0.05, 0) is 39.3 Å². The number of aryl methyl sites for hydroxylation is 2. The van der Waals surface area contributed by atoms with Gasteiger partial charge in [0.15, 0.2) is 0 Å². The Balaban J connectivity index is 1.92. The zero-order valence-electron chi connectivity index (χ0n) is 11.7. The van der Waals surface area contributed by atoms with Crippen LogP contribution in [0.3, 0.4) is 0 Å². The van der Waals surface area contributed by atoms with Crippen LogP contribution in [0.25, 0.3) is 11.3 Å². The van der Waals surface area contributed by atoms with Crippen molar-refractivity contribution in [1.29, 1.82) is 0 Å². The van der Waals surface area contributed by atoms with Crippen molar-refractivity contribution >= 4 is 0 Å². The molecule has 100 valence electrons. The van der Waals surface area contributed by atoms with Crippen LogP contribution in [0, 0.1) is 13.8 Å². The highest BCUT2D eigenvalue weighted by molar-refractivity contribution is 5.62. The molecule has 19 heavy (non-hydrogen) atoms. The van der Waals surface area contributed by atoms with Gasteiger partial charge < -0.3 is 10.3 Å². The normalized spacial score (nSPS) is 19.6. The third-order valence-electron chi connectivity index (χ3n) is 3.83. The van der Waals surface area contributed by atoms with E-state index in [1.165, 1.54) is 30.4 Å². The van der Waals surface area contributed by atoms with E-state index in [1.54, 1.807) is 0 Å². The SMILES string of the molecule is Cc1cccc(-c2nc(C3CCCCN3)[nH]c2C)c1. The predicted octanol–water partition coefficient (Wildman–Crippen LogP) is 3.51. The standard InChI is InChI=1S/C16H21N3/c1-11-6-5-7-13(10-11)15-12(2)18-16(19-15)14-8-3-4-9-17-14/h5-7,10,14,17H,3-4,8-9H2,1-2H3,(H,18,19). The predicted molar refractivity (Wildman–Crippen MR) is 78.1 cm³/mol. The fourth-order valence-corrected chi connectivity index (χ4v) is 2.81. The maximum absolute atomic E-state index is 4.83. The molecule has 1 saturated heterocycles. The molecule has 0 bridgehead atoms. The Hall–Kier alpha value is -1.61. The minimum absolute atomic E-state index is 0.394. The van der Waals surface area contributed by atoms with Crippen molar-refractivity contribution in [3.8, 4) is 11.3 Å². The van der Waals surface area contributed by atoms with Crippen molar-refractivity contribution in [2.45, 2.75) is 39.2 Å². The van der Waals surface area contributed by atoms with Gasteiger partial charge in [-0.2, -0.15) is 0 Å². The molecule has 1 atom stereocenters. The lowest BCUT2D eigenvalue weighted by molar-refractivity contribution is 0.399. The molecule has 1 unspecified atom stereocenters. The summed E-state index contributed by atoms with van der Waals surface area (Å²) in [6.07, 6.45) is 3.75. The Kier molecular flexibility index (Phi) is 3.38. The first-order chi connectivity index (χ1) is 9.24. The number of aromatic amines is 1. The molecule has 0 spiro atoms. The van der Waals surface area contributed by atoms with Crippen molar-refractivity contribution < 1.29 is 0 Å². The molecule has 3 rings (SSSR count). The van der Waals surface area contributed by atoms with Crippen molar-refractivity contribution in [3.63, 3.8) is 0 Å². The summed E-state index contributed by atoms with van der Waals surface area (Å²) >= 11 is 0. The summed E-state index contributed by atoms with van der Waals surface area (Å²) in [5, 5.41) is 3.55. The summed E-state index contributed by atoms with van der Waals surface area (Å²) in [6.45, 7) is 5.33. The van der Waals surface area contributed by atoms with Crippen LogP contribution in [0.15, 0.2) is 24.3 Å². The van der Waals surface area contributed by atoms with Crippen LogP contribution in [-0.2, 0) is 0 Å². The van der Waals surface area contributed by atoms with E-state index in [2.05, 4.69) is 48.4 Å². The number of H-pyrrole nitrogens is 1. The number of hydrogen-bond donors (Lipinski definition) is 2. The number of nitrogens with zero attached hydrogens (tertiary/aromatic N) is 1. The Bertz CT molecular complexity index is 565. The van der Waals surface area contributed by atoms with Crippen LogP contribution in [-0.4, -0.2) is 16.5 Å². The van der Waals surface area contributed by atoms with Gasteiger partial charge in [0.1, 0.15) is 5.82 Å². The van der Waals surface area contributed by atoms with Crippen LogP contribution in [0.1, 0.15) is 42.4 Å². The topological polar surface area (TPSA) is 40.7 Å². The molecule has 2 N–H and O–H groups in total. The quantitative estimate of drug-likeness (QED) is 0.862. The van der Waals surface area contributed by atoms with Crippen molar-refractivity contribution in [2.75, 3.05) is 6.54 Å². The first-order valence-electron chi connectivity index (χ1n) is 7.11. The van der Waals surface area contributed by atoms with Crippen LogP contribution >= 0.6 is 0 Å². The van der Waals surface area contributed by atoms with Gasteiger partial charge in [0.05, 0.1) is 11.7 Å². The molecule has 1 aromatic carbocycles. The average molecular weight is 255 g/mol. The molecule has 1 aliphatic heterocycles. The number of rotatable bonds is 2. The number of aromatic nitrogens is 2. The van der Waals surface area contributed by atoms with Gasteiger partial charge in [-0.25, -0.2) is 4.98 Å². The Morgan fingerprint density at radius 1 is 1.21 bits per heavy atom. The largest absolute Gasteiger partial charge is 0.344 e. The lowest BCUT2D eigenvalue weighted by atomic mass is 10.0. The molecule has 3 heteroatoms. The lowest BCUT2D eigenvalue weighted by Gasteiger charge is -2.21. The maximum atomic E-state index is 4.83. The summed E-state index contributed by atoms with van der Waals surface area (Å²) in [4.78, 5) is 8.29. The fourth-order valence-electron chi connectivity index (χ4n) is 2.81. The van der Waals surface area contributed by atoms with Gasteiger partial charge in [0.2, 0.25) is 0 Å². The van der Waals surface area contributed by atoms with Crippen molar-refractivity contribution in [3.05, 3.63) is 41.3 Å². The monoisotopic (exact) mass is 255 g/mol. The molecule has 2 aromatic rings. The van der Waals surface area contributed by atoms with Gasteiger partial charge in [-0.1, -0.05) is 30.2 Å². The lowest BCUT2D eigenvalue weighted by Crippen LogP contribution is -2.27. The van der Waals surface area contributed by atoms with E-state index < -0.39 is 0 Å². The van der Waals surface area contributed by atoms with E-state index in [0.29, 0.717) is 6.04 Å². The molecule has 0 amide bonds. The maximum Gasteiger partial charge on any atom is 0.124 e. The summed E-state index contributed by atoms with van der Waals surface area (Å²) in [5.41, 5.74) is 4.73. The molecule has 1 aromatic heterocycles. The third kappa shape index (κ3) is 2.56. The number of nitrogens with one attached hydrogen (secondary N) is 2. The van der Waals surface area contributed by atoms with Gasteiger partial charge in [0, 0.05) is 11.3 Å². The van der Waals surface area contributed by atoms with Crippen LogP contribution < -0.4 is 5.32 Å². The van der Waals surface area contributed by atoms with Crippen LogP contribution in [0.4, 0.5) is 0 Å². The summed E-state index contributed by atoms with van der Waals surface area (Å²) in [5.74, 6) is 1.09. The molecule has 3 nitrogen and oxygen atoms in total. The first kappa shape index (κ1) is 12.4. The second kappa shape index (κ2) is 5.17. The van der Waals surface area contributed by atoms with Crippen molar-refractivity contribution in [1.82, 2.24) is 15.3 Å². The molecule has 0 saturated carbocycles. The molecule has 1 fully saturated rings. The zero-order chi connectivity index (χ0) is 13.2. The molecule has 2 heterocycles. The first-order valence-corrected chi connectivity index (χ1v) is 7.11. The second-order valence-electron chi connectivity index (χ2n) is 5.47. The summed E-state index contributed by atoms with van der Waals surface area (Å²) < 4.78 is 0. The van der Waals surface area contributed by atoms with Crippen LogP contribution in [0.5, 0.6) is 0 Å². The minimum Gasteiger partial charge on any atom is -0.344 e. The van der Waals surface area contributed by atoms with E-state index in [9.17, 15) is 0 Å². The third-order valence-corrected chi connectivity index (χ3v) is 3.83. The van der Waals surface area contributed by atoms with Gasteiger partial charge in [-0.3, -0.25) is 0 Å². The number of imidazole rings is 1. The highest BCUT2D eigenvalue weighted by atomic mass is 15.0. The average Bonchev–Trinajstić information content (AvgIpc) is 2.82. The highest BCUT2D eigenvalue weighted by Gasteiger charge is 2.19. The Morgan fingerprint density at radius 3 is 2.84 bits per heavy atom. The Labute approximate surface area is 114 Å². The Morgan fingerprint density at radius 2 is 2.11 bits per heavy atom. The van der Waals surface area contributed by atoms with E-state index in [0.717, 1.165) is 23.8 Å². The smallest absolute Gasteiger partial charge is 0.124 e. The van der Waals surface area contributed by atoms with E-state index >= 15 is 0 Å². The van der Waals surface area contributed by atoms with E-state index in [4.69, 9.17) is 4.98 Å². The summed E-state index contributed by atoms with van der Waals surface area (Å²) in [7, 11) is 0. The number of piperidine rings is 1. The number of hydrogen-bond acceptors (Lipinski definition) is 2. The van der Waals surface area contributed by atoms with Crippen LogP contribution in [0.2, 0.25) is 0 Å². The second-order valence-corrected chi connectivity index (χ2v) is 5.47. The molecule has 0 aliphatic carbocycles. The fraction of sp³-hybridized carbons (Fsp3) is 0.438. The molecule has 0 radical (unpaired) electrons. The number of benzene rings is 1. The van der Waals surface area contributed by atoms with Gasteiger partial charge in [0.25, 0.3) is 0 Å². The van der Waals surface area contributed by atoms with Gasteiger partial charge >= 0.3 is 0 Å². The molecule has 1 aliphatic rings. The molecular weight excluding hydrogens is 234 g/mol. The van der Waals surface area contributed by atoms with E-state index in [-0.39, 0.29) is 0 Å². The zero-order valence-corrected chi connectivity index (χ0v) is 11.7. The van der Waals surface area contributed by atoms with E-state index in [1.807, 2.05) is 0 Å². The summed E-state index contributed by atoms with van der Waals surface area (Å²) in [6, 6.07) is 8.94. The van der Waals surface area contributed by atoms with Crippen molar-refractivity contribution in [2.24, 2.45) is 0 Å². The minimum atomic E-state index is 0.394. The van der Waals surface area contributed by atoms with Gasteiger partial charge in [-0.15, -0.1) is 0 Å². The molecular formula is C16H21N3. The highest BCUT2D eigenvalue weighted by Crippen LogP contribution is 2.27.